The number of methoxy groups -OCH3 is 1. The molecule has 2 atom stereocenters. The van der Waals surface area contributed by atoms with Gasteiger partial charge >= 0.3 is 0 Å². The molecule has 1 saturated heterocycles. The van der Waals surface area contributed by atoms with Gasteiger partial charge in [-0.2, -0.15) is 0 Å². The van der Waals surface area contributed by atoms with E-state index in [2.05, 4.69) is 5.32 Å². The van der Waals surface area contributed by atoms with Crippen LogP contribution < -0.4 is 15.8 Å². The van der Waals surface area contributed by atoms with Gasteiger partial charge in [0, 0.05) is 35.6 Å². The molecule has 0 radical (unpaired) electrons. The Morgan fingerprint density at radius 3 is 2.74 bits per heavy atom. The molecule has 11 heteroatoms. The highest BCUT2D eigenvalue weighted by Crippen LogP contribution is 2.27. The molecule has 2 heterocycles. The second-order valence-electron chi connectivity index (χ2n) is 8.24. The number of nitrogens with two attached hydrogens (primary N) is 1. The van der Waals surface area contributed by atoms with Crippen molar-refractivity contribution in [2.75, 3.05) is 13.7 Å². The highest BCUT2D eigenvalue weighted by molar-refractivity contribution is 6.30. The van der Waals surface area contributed by atoms with Crippen LogP contribution in [0.2, 0.25) is 5.02 Å². The van der Waals surface area contributed by atoms with Crippen molar-refractivity contribution in [3.8, 4) is 5.75 Å². The van der Waals surface area contributed by atoms with E-state index in [1.807, 2.05) is 0 Å². The normalized spacial score (nSPS) is 17.5. The molecule has 0 bridgehead atoms. The number of nitrogens with zero attached hydrogens (tertiary/aromatic N) is 2. The molecule has 8 nitrogen and oxygen atoms in total. The average molecular weight is 505 g/mol. The average Bonchev–Trinajstić information content (AvgIpc) is 3.40. The molecule has 3 N–H and O–H groups in total. The van der Waals surface area contributed by atoms with E-state index in [9.17, 15) is 23.2 Å². The van der Waals surface area contributed by atoms with Crippen molar-refractivity contribution in [1.29, 1.82) is 0 Å². The minimum absolute atomic E-state index is 0.0786. The summed E-state index contributed by atoms with van der Waals surface area (Å²) in [7, 11) is 1.48. The second-order valence-corrected chi connectivity index (χ2v) is 8.65. The van der Waals surface area contributed by atoms with Gasteiger partial charge in [-0.15, -0.1) is 0 Å². The van der Waals surface area contributed by atoms with E-state index in [4.69, 9.17) is 22.1 Å². The van der Waals surface area contributed by atoms with Crippen LogP contribution in [0.5, 0.6) is 5.75 Å². The van der Waals surface area contributed by atoms with Crippen LogP contribution in [-0.2, 0) is 22.7 Å². The van der Waals surface area contributed by atoms with Gasteiger partial charge in [-0.3, -0.25) is 14.4 Å². The quantitative estimate of drug-likeness (QED) is 0.516. The van der Waals surface area contributed by atoms with Crippen LogP contribution in [0.15, 0.2) is 42.6 Å². The summed E-state index contributed by atoms with van der Waals surface area (Å²) in [4.78, 5) is 39.0. The van der Waals surface area contributed by atoms with Crippen LogP contribution in [0.4, 0.5) is 8.78 Å². The molecule has 0 saturated carbocycles. The number of nitrogens with one attached hydrogen (secondary N) is 1. The summed E-state index contributed by atoms with van der Waals surface area (Å²) >= 11 is 5.77. The largest absolute Gasteiger partial charge is 0.497 e. The molecule has 2 aromatic carbocycles. The first-order chi connectivity index (χ1) is 16.7. The molecule has 35 heavy (non-hydrogen) atoms. The van der Waals surface area contributed by atoms with E-state index in [1.165, 1.54) is 30.0 Å². The Kier molecular flexibility index (Phi) is 6.93. The van der Waals surface area contributed by atoms with Crippen LogP contribution in [0.3, 0.4) is 0 Å². The number of alkyl halides is 1. The number of ether oxygens (including phenoxy) is 1. The fourth-order valence-electron chi connectivity index (χ4n) is 4.26. The number of amides is 3. The monoisotopic (exact) mass is 504 g/mol. The van der Waals surface area contributed by atoms with Crippen LogP contribution in [0, 0.1) is 5.82 Å². The zero-order valence-corrected chi connectivity index (χ0v) is 19.5. The lowest BCUT2D eigenvalue weighted by atomic mass is 10.1. The van der Waals surface area contributed by atoms with Crippen LogP contribution in [0.1, 0.15) is 22.3 Å². The zero-order valence-electron chi connectivity index (χ0n) is 18.8. The molecule has 1 aliphatic heterocycles. The number of carbonyl (C=O) groups excluding carboxylic acids is 3. The summed E-state index contributed by atoms with van der Waals surface area (Å²) in [5.74, 6) is -1.93. The van der Waals surface area contributed by atoms with Crippen molar-refractivity contribution in [2.24, 2.45) is 5.73 Å². The van der Waals surface area contributed by atoms with Gasteiger partial charge in [-0.05, 0) is 24.3 Å². The number of carbonyl (C=O) groups is 3. The second kappa shape index (κ2) is 9.91. The number of halogens is 3. The zero-order chi connectivity index (χ0) is 25.3. The molecule has 0 unspecified atom stereocenters. The van der Waals surface area contributed by atoms with Crippen molar-refractivity contribution in [3.05, 3.63) is 64.6 Å². The lowest BCUT2D eigenvalue weighted by molar-refractivity contribution is -0.139. The van der Waals surface area contributed by atoms with E-state index in [-0.39, 0.29) is 42.2 Å². The molecule has 3 aromatic rings. The lowest BCUT2D eigenvalue weighted by Gasteiger charge is -2.24. The molecule has 1 fully saturated rings. The van der Waals surface area contributed by atoms with Crippen LogP contribution >= 0.6 is 11.6 Å². The third-order valence-electron chi connectivity index (χ3n) is 6.02. The smallest absolute Gasteiger partial charge is 0.250 e. The standard InChI is InChI=1S/C24H23ClF2N4O4/c1-35-15-5-6-19-16(8-15)17(23(28)33)11-30(19)12-21(32)31-10-14(26)7-20(31)24(34)29-9-13-3-2-4-18(25)22(13)27/h2-6,8,11,14,20H,7,9-10,12H2,1H3,(H2,28,33)(H,29,34)/t14-,20+/m1/s1. The highest BCUT2D eigenvalue weighted by atomic mass is 35.5. The number of hydrogen-bond donors (Lipinski definition) is 2. The summed E-state index contributed by atoms with van der Waals surface area (Å²) in [6.07, 6.45) is -0.111. The predicted octanol–water partition coefficient (Wildman–Crippen LogP) is 2.80. The maximum absolute atomic E-state index is 14.3. The SMILES string of the molecule is COc1ccc2c(c1)c(C(N)=O)cn2CC(=O)N1C[C@H](F)C[C@H]1C(=O)NCc1cccc(Cl)c1F. The fraction of sp³-hybridized carbons (Fsp3) is 0.292. The van der Waals surface area contributed by atoms with E-state index in [0.717, 1.165) is 4.90 Å². The maximum Gasteiger partial charge on any atom is 0.250 e. The van der Waals surface area contributed by atoms with E-state index in [1.54, 1.807) is 24.3 Å². The number of benzene rings is 2. The number of aromatic nitrogens is 1. The molecule has 0 spiro atoms. The molecular weight excluding hydrogens is 482 g/mol. The van der Waals surface area contributed by atoms with Crippen molar-refractivity contribution in [2.45, 2.75) is 31.7 Å². The summed E-state index contributed by atoms with van der Waals surface area (Å²) in [5.41, 5.74) is 6.43. The van der Waals surface area contributed by atoms with Gasteiger partial charge < -0.3 is 25.3 Å². The Hall–Kier alpha value is -3.66. The van der Waals surface area contributed by atoms with Gasteiger partial charge in [0.2, 0.25) is 11.8 Å². The molecule has 1 aromatic heterocycles. The first kappa shape index (κ1) is 24.5. The topological polar surface area (TPSA) is 107 Å². The third kappa shape index (κ3) is 4.93. The Bertz CT molecular complexity index is 1310. The summed E-state index contributed by atoms with van der Waals surface area (Å²) in [6, 6.07) is 8.34. The van der Waals surface area contributed by atoms with Crippen molar-refractivity contribution < 1.29 is 27.9 Å². The Morgan fingerprint density at radius 1 is 1.26 bits per heavy atom. The number of fused-ring (bicyclic) bond motifs is 1. The van der Waals surface area contributed by atoms with Gasteiger partial charge in [0.25, 0.3) is 5.91 Å². The number of hydrogen-bond acceptors (Lipinski definition) is 4. The Balaban J connectivity index is 1.52. The van der Waals surface area contributed by atoms with Crippen LogP contribution in [0.25, 0.3) is 10.9 Å². The van der Waals surface area contributed by atoms with Crippen molar-refractivity contribution in [3.63, 3.8) is 0 Å². The predicted molar refractivity (Wildman–Crippen MR) is 125 cm³/mol. The van der Waals surface area contributed by atoms with E-state index < -0.39 is 35.8 Å². The molecule has 184 valence electrons. The number of primary amides is 1. The maximum atomic E-state index is 14.3. The molecule has 4 rings (SSSR count). The van der Waals surface area contributed by atoms with Crippen molar-refractivity contribution >= 4 is 40.2 Å². The molecular formula is C24H23ClF2N4O4. The van der Waals surface area contributed by atoms with E-state index >= 15 is 0 Å². The van der Waals surface area contributed by atoms with Crippen molar-refractivity contribution in [1.82, 2.24) is 14.8 Å². The van der Waals surface area contributed by atoms with Gasteiger partial charge in [-0.25, -0.2) is 8.78 Å². The van der Waals surface area contributed by atoms with Crippen LogP contribution in [-0.4, -0.2) is 53.1 Å². The molecule has 0 aliphatic carbocycles. The number of likely N-dealkylation sites (tertiary alicyclic amines) is 1. The lowest BCUT2D eigenvalue weighted by Crippen LogP contribution is -2.46. The minimum Gasteiger partial charge on any atom is -0.497 e. The summed E-state index contributed by atoms with van der Waals surface area (Å²) in [5, 5.41) is 2.99. The molecule has 1 aliphatic rings. The Morgan fingerprint density at radius 2 is 2.03 bits per heavy atom. The van der Waals surface area contributed by atoms with Gasteiger partial charge in [0.15, 0.2) is 0 Å². The first-order valence-corrected chi connectivity index (χ1v) is 11.2. The van der Waals surface area contributed by atoms with Gasteiger partial charge in [0.1, 0.15) is 30.3 Å². The number of rotatable bonds is 7. The van der Waals surface area contributed by atoms with Gasteiger partial charge in [0.05, 0.1) is 24.2 Å². The van der Waals surface area contributed by atoms with E-state index in [0.29, 0.717) is 16.7 Å². The Labute approximate surface area is 204 Å². The fourth-order valence-corrected chi connectivity index (χ4v) is 4.46. The molecule has 3 amide bonds. The van der Waals surface area contributed by atoms with Gasteiger partial charge in [-0.1, -0.05) is 23.7 Å². The third-order valence-corrected chi connectivity index (χ3v) is 6.31. The summed E-state index contributed by atoms with van der Waals surface area (Å²) < 4.78 is 35.1. The first-order valence-electron chi connectivity index (χ1n) is 10.8. The minimum atomic E-state index is -1.38. The highest BCUT2D eigenvalue weighted by Gasteiger charge is 2.39. The summed E-state index contributed by atoms with van der Waals surface area (Å²) in [6.45, 7) is -0.652.